The van der Waals surface area contributed by atoms with Crippen LogP contribution in [0.4, 0.5) is 0 Å². The Labute approximate surface area is 144 Å². The van der Waals surface area contributed by atoms with Gasteiger partial charge in [-0.05, 0) is 45.2 Å². The Morgan fingerprint density at radius 3 is 2.17 bits per heavy atom. The number of aromatic nitrogens is 2. The van der Waals surface area contributed by atoms with Crippen molar-refractivity contribution in [3.05, 3.63) is 71.7 Å². The molecule has 0 atom stereocenters. The highest BCUT2D eigenvalue weighted by molar-refractivity contribution is 5.57. The highest BCUT2D eigenvalue weighted by Gasteiger charge is 2.26. The molecule has 2 heteroatoms. The zero-order valence-electron chi connectivity index (χ0n) is 14.6. The number of nitrogens with zero attached hydrogens (tertiary/aromatic N) is 2. The first-order chi connectivity index (χ1) is 11.7. The van der Waals surface area contributed by atoms with Gasteiger partial charge in [0.1, 0.15) is 11.9 Å². The molecular formula is C22H25N2+. The Balaban J connectivity index is 1.88. The number of hydrogen-bond acceptors (Lipinski definition) is 0. The zero-order valence-corrected chi connectivity index (χ0v) is 14.6. The molecule has 3 aromatic rings. The van der Waals surface area contributed by atoms with Gasteiger partial charge in [-0.3, -0.25) is 0 Å². The topological polar surface area (TPSA) is 8.81 Å². The molecule has 2 nitrogen and oxygen atoms in total. The molecule has 0 saturated heterocycles. The van der Waals surface area contributed by atoms with Crippen molar-refractivity contribution < 1.29 is 4.57 Å². The normalized spacial score (nSPS) is 14.2. The third-order valence-corrected chi connectivity index (χ3v) is 5.07. The van der Waals surface area contributed by atoms with Crippen LogP contribution in [0.15, 0.2) is 54.7 Å². The summed E-state index contributed by atoms with van der Waals surface area (Å²) in [6, 6.07) is 17.8. The molecule has 4 rings (SSSR count). The van der Waals surface area contributed by atoms with E-state index >= 15 is 0 Å². The standard InChI is InChI=1S/C22H25N2/c1-17-7-11-19(12-8-17)21-16-24(20-13-9-18(2)10-14-20)22-6-4-3-5-15-23(21)22/h7-14,16H,3-6,15H2,1-2H3/q+1. The summed E-state index contributed by atoms with van der Waals surface area (Å²) in [5.74, 6) is 1.44. The molecule has 0 bridgehead atoms. The number of hydrogen-bond donors (Lipinski definition) is 0. The molecule has 122 valence electrons. The maximum atomic E-state index is 2.54. The van der Waals surface area contributed by atoms with Gasteiger partial charge in [0.25, 0.3) is 5.82 Å². The molecule has 0 aliphatic carbocycles. The quantitative estimate of drug-likeness (QED) is 0.602. The van der Waals surface area contributed by atoms with Crippen molar-refractivity contribution in [1.29, 1.82) is 0 Å². The van der Waals surface area contributed by atoms with E-state index in [2.05, 4.69) is 77.7 Å². The first-order valence-corrected chi connectivity index (χ1v) is 9.00. The molecule has 2 aromatic carbocycles. The van der Waals surface area contributed by atoms with E-state index in [0.717, 1.165) is 13.0 Å². The summed E-state index contributed by atoms with van der Waals surface area (Å²) in [4.78, 5) is 0. The van der Waals surface area contributed by atoms with Gasteiger partial charge in [-0.15, -0.1) is 0 Å². The molecule has 0 amide bonds. The van der Waals surface area contributed by atoms with Crippen LogP contribution < -0.4 is 4.57 Å². The Hall–Kier alpha value is -2.35. The lowest BCUT2D eigenvalue weighted by Gasteiger charge is -2.03. The molecule has 0 fully saturated rings. The first-order valence-electron chi connectivity index (χ1n) is 9.00. The average Bonchev–Trinajstić information content (AvgIpc) is 2.78. The molecule has 1 aromatic heterocycles. The van der Waals surface area contributed by atoms with Gasteiger partial charge in [0.05, 0.1) is 6.54 Å². The molecule has 0 saturated carbocycles. The fourth-order valence-electron chi connectivity index (χ4n) is 3.65. The summed E-state index contributed by atoms with van der Waals surface area (Å²) in [6.45, 7) is 5.42. The summed E-state index contributed by atoms with van der Waals surface area (Å²) < 4.78 is 4.94. The van der Waals surface area contributed by atoms with Crippen LogP contribution in [0.5, 0.6) is 0 Å². The number of aryl methyl sites for hydroxylation is 2. The molecule has 0 unspecified atom stereocenters. The minimum Gasteiger partial charge on any atom is -0.227 e. The predicted molar refractivity (Wildman–Crippen MR) is 98.4 cm³/mol. The number of fused-ring (bicyclic) bond motifs is 1. The van der Waals surface area contributed by atoms with E-state index in [4.69, 9.17) is 0 Å². The summed E-state index contributed by atoms with van der Waals surface area (Å²) in [6.07, 6.45) is 7.36. The van der Waals surface area contributed by atoms with Crippen molar-refractivity contribution in [1.82, 2.24) is 4.57 Å². The van der Waals surface area contributed by atoms with Crippen molar-refractivity contribution in [2.45, 2.75) is 46.1 Å². The van der Waals surface area contributed by atoms with E-state index in [1.54, 1.807) is 0 Å². The molecule has 1 aliphatic heterocycles. The van der Waals surface area contributed by atoms with E-state index < -0.39 is 0 Å². The average molecular weight is 317 g/mol. The van der Waals surface area contributed by atoms with Gasteiger partial charge in [-0.25, -0.2) is 4.57 Å². The zero-order chi connectivity index (χ0) is 16.5. The fraction of sp³-hybridized carbons (Fsp3) is 0.318. The van der Waals surface area contributed by atoms with E-state index in [1.165, 1.54) is 53.2 Å². The highest BCUT2D eigenvalue weighted by atomic mass is 15.2. The molecule has 24 heavy (non-hydrogen) atoms. The second kappa shape index (κ2) is 6.27. The summed E-state index contributed by atoms with van der Waals surface area (Å²) in [5.41, 5.74) is 6.54. The largest absolute Gasteiger partial charge is 0.262 e. The van der Waals surface area contributed by atoms with E-state index in [-0.39, 0.29) is 0 Å². The van der Waals surface area contributed by atoms with Gasteiger partial charge in [-0.2, -0.15) is 4.57 Å². The van der Waals surface area contributed by atoms with Crippen LogP contribution in [-0.4, -0.2) is 4.57 Å². The second-order valence-electron chi connectivity index (χ2n) is 6.96. The van der Waals surface area contributed by atoms with Crippen LogP contribution in [0.3, 0.4) is 0 Å². The monoisotopic (exact) mass is 317 g/mol. The maximum absolute atomic E-state index is 2.54. The second-order valence-corrected chi connectivity index (χ2v) is 6.96. The lowest BCUT2D eigenvalue weighted by atomic mass is 10.1. The molecule has 0 N–H and O–H groups in total. The van der Waals surface area contributed by atoms with Crippen LogP contribution in [0.2, 0.25) is 0 Å². The molecular weight excluding hydrogens is 292 g/mol. The van der Waals surface area contributed by atoms with Crippen molar-refractivity contribution in [3.63, 3.8) is 0 Å². The smallest absolute Gasteiger partial charge is 0.227 e. The minimum atomic E-state index is 1.12. The van der Waals surface area contributed by atoms with Crippen molar-refractivity contribution in [3.8, 4) is 16.9 Å². The Kier molecular flexibility index (Phi) is 3.97. The minimum absolute atomic E-state index is 1.12. The third kappa shape index (κ3) is 2.77. The van der Waals surface area contributed by atoms with Gasteiger partial charge in [0.15, 0.2) is 5.69 Å². The van der Waals surface area contributed by atoms with Crippen molar-refractivity contribution in [2.24, 2.45) is 0 Å². The predicted octanol–water partition coefficient (Wildman–Crippen LogP) is 4.78. The van der Waals surface area contributed by atoms with Gasteiger partial charge < -0.3 is 0 Å². The van der Waals surface area contributed by atoms with Crippen LogP contribution in [-0.2, 0) is 13.0 Å². The van der Waals surface area contributed by atoms with Crippen molar-refractivity contribution >= 4 is 0 Å². The molecule has 0 radical (unpaired) electrons. The van der Waals surface area contributed by atoms with Gasteiger partial charge in [0, 0.05) is 12.0 Å². The lowest BCUT2D eigenvalue weighted by molar-refractivity contribution is -0.692. The van der Waals surface area contributed by atoms with Crippen LogP contribution >= 0.6 is 0 Å². The van der Waals surface area contributed by atoms with Gasteiger partial charge in [-0.1, -0.05) is 47.5 Å². The Morgan fingerprint density at radius 1 is 0.792 bits per heavy atom. The first kappa shape index (κ1) is 15.2. The molecule has 2 heterocycles. The summed E-state index contributed by atoms with van der Waals surface area (Å²) >= 11 is 0. The Morgan fingerprint density at radius 2 is 1.46 bits per heavy atom. The fourth-order valence-corrected chi connectivity index (χ4v) is 3.65. The highest BCUT2D eigenvalue weighted by Crippen LogP contribution is 2.24. The molecule has 0 spiro atoms. The van der Waals surface area contributed by atoms with Crippen LogP contribution in [0, 0.1) is 13.8 Å². The van der Waals surface area contributed by atoms with E-state index in [1.807, 2.05) is 0 Å². The third-order valence-electron chi connectivity index (χ3n) is 5.07. The maximum Gasteiger partial charge on any atom is 0.262 e. The Bertz CT molecular complexity index is 769. The van der Waals surface area contributed by atoms with E-state index in [0.29, 0.717) is 0 Å². The number of benzene rings is 2. The SMILES string of the molecule is Cc1ccc(-c2cn(-c3ccc(C)cc3)c3[n+]2CCCCC3)cc1. The number of imidazole rings is 1. The van der Waals surface area contributed by atoms with Gasteiger partial charge >= 0.3 is 0 Å². The molecule has 1 aliphatic rings. The van der Waals surface area contributed by atoms with Crippen LogP contribution in [0.25, 0.3) is 16.9 Å². The van der Waals surface area contributed by atoms with Crippen molar-refractivity contribution in [2.75, 3.05) is 0 Å². The summed E-state index contributed by atoms with van der Waals surface area (Å²) in [5, 5.41) is 0. The summed E-state index contributed by atoms with van der Waals surface area (Å²) in [7, 11) is 0. The van der Waals surface area contributed by atoms with Crippen LogP contribution in [0.1, 0.15) is 36.2 Å². The lowest BCUT2D eigenvalue weighted by Crippen LogP contribution is -2.38. The van der Waals surface area contributed by atoms with Gasteiger partial charge in [0.2, 0.25) is 0 Å². The number of rotatable bonds is 2. The van der Waals surface area contributed by atoms with E-state index in [9.17, 15) is 0 Å².